The van der Waals surface area contributed by atoms with E-state index in [9.17, 15) is 0 Å². The molecule has 0 atom stereocenters. The number of benzene rings is 7. The van der Waals surface area contributed by atoms with E-state index in [1.807, 2.05) is 0 Å². The van der Waals surface area contributed by atoms with Crippen LogP contribution in [-0.4, -0.2) is 52.2 Å². The van der Waals surface area contributed by atoms with Gasteiger partial charge in [-0.3, -0.25) is 0 Å². The van der Waals surface area contributed by atoms with Crippen molar-refractivity contribution in [3.63, 3.8) is 0 Å². The van der Waals surface area contributed by atoms with Crippen LogP contribution in [0.25, 0.3) is 33.4 Å². The standard InChI is InChI=1S/6C9H10S.C6H3.3Sb/c6*1-7(2)8-3-5-9(10)6-4-8;1-2-4-6-5-3-1;;;/h6*3-6,10H,1H2,2H3;1,4-5H;;;/q;;;;;;;3*+2/p-6. The van der Waals surface area contributed by atoms with E-state index in [2.05, 4.69) is 298 Å². The molecule has 0 bridgehead atoms. The molecule has 0 aromatic heterocycles. The van der Waals surface area contributed by atoms with Crippen molar-refractivity contribution < 1.29 is 0 Å². The van der Waals surface area contributed by atoms with Crippen LogP contribution in [0.3, 0.4) is 0 Å². The molecule has 0 aliphatic rings. The van der Waals surface area contributed by atoms with Gasteiger partial charge in [0, 0.05) is 0 Å². The van der Waals surface area contributed by atoms with Crippen LogP contribution in [0.15, 0.2) is 233 Å². The summed E-state index contributed by atoms with van der Waals surface area (Å²) in [6.07, 6.45) is 0. The molecule has 0 fully saturated rings. The number of hydrogen-bond donors (Lipinski definition) is 0. The zero-order valence-electron chi connectivity index (χ0n) is 40.1. The zero-order chi connectivity index (χ0) is 49.2. The second-order valence-corrected chi connectivity index (χ2v) is 58.3. The Hall–Kier alpha value is -2.47. The topological polar surface area (TPSA) is 0 Å². The molecule has 69 heavy (non-hydrogen) atoms. The van der Waals surface area contributed by atoms with Gasteiger partial charge in [-0.15, -0.1) is 0 Å². The van der Waals surface area contributed by atoms with Crippen LogP contribution in [0, 0.1) is 0 Å². The first-order valence-electron chi connectivity index (χ1n) is 22.3. The van der Waals surface area contributed by atoms with E-state index >= 15 is 0 Å². The Morgan fingerprint density at radius 3 is 0.493 bits per heavy atom. The van der Waals surface area contributed by atoms with E-state index in [-0.39, 0.29) is 0 Å². The van der Waals surface area contributed by atoms with Crippen molar-refractivity contribution in [1.29, 1.82) is 0 Å². The van der Waals surface area contributed by atoms with Crippen molar-refractivity contribution in [3.05, 3.63) is 237 Å². The van der Waals surface area contributed by atoms with Gasteiger partial charge in [0.1, 0.15) is 0 Å². The second kappa shape index (κ2) is 26.0. The third-order valence-corrected chi connectivity index (χ3v) is 57.3. The molecule has 7 rings (SSSR count). The molecule has 0 heterocycles. The summed E-state index contributed by atoms with van der Waals surface area (Å²) in [4.78, 5) is 7.89. The van der Waals surface area contributed by atoms with Gasteiger partial charge in [-0.05, 0) is 0 Å². The van der Waals surface area contributed by atoms with Gasteiger partial charge in [0.25, 0.3) is 0 Å². The Kier molecular flexibility index (Phi) is 20.4. The quantitative estimate of drug-likeness (QED) is 0.0653. The molecule has 7 aromatic rings. The summed E-state index contributed by atoms with van der Waals surface area (Å²) in [7, 11) is 12.7. The van der Waals surface area contributed by atoms with E-state index in [1.165, 1.54) is 73.3 Å². The zero-order valence-corrected chi connectivity index (χ0v) is 52.7. The van der Waals surface area contributed by atoms with Crippen molar-refractivity contribution in [2.75, 3.05) is 0 Å². The number of rotatable bonds is 21. The van der Waals surface area contributed by atoms with Gasteiger partial charge in [0.2, 0.25) is 0 Å². The summed E-state index contributed by atoms with van der Waals surface area (Å²) >= 11 is -7.61. The van der Waals surface area contributed by atoms with Gasteiger partial charge < -0.3 is 0 Å². The molecule has 7 aromatic carbocycles. The molecule has 0 saturated carbocycles. The fourth-order valence-electron chi connectivity index (χ4n) is 6.64. The van der Waals surface area contributed by atoms with E-state index in [4.69, 9.17) is 0 Å². The molecule has 0 N–H and O–H groups in total. The van der Waals surface area contributed by atoms with Crippen LogP contribution < -0.4 is 10.5 Å². The number of hydrogen-bond acceptors (Lipinski definition) is 6. The Labute approximate surface area is 450 Å². The molecular weight excluding hydrogens is 1280 g/mol. The van der Waals surface area contributed by atoms with Crippen LogP contribution >= 0.6 is 53.1 Å². The summed E-state index contributed by atoms with van der Waals surface area (Å²) in [6.45, 7) is 38.0. The van der Waals surface area contributed by atoms with Crippen LogP contribution in [0.4, 0.5) is 0 Å². The predicted molar refractivity (Wildman–Crippen MR) is 325 cm³/mol. The van der Waals surface area contributed by atoms with Crippen LogP contribution in [-0.2, 0) is 0 Å². The molecule has 0 amide bonds. The second-order valence-electron chi connectivity index (χ2n) is 16.9. The average molecular weight is 1340 g/mol. The normalized spacial score (nSPS) is 11.3. The minimum absolute atomic E-state index is 1.08. The van der Waals surface area contributed by atoms with E-state index < -0.39 is 52.2 Å². The molecule has 9 heteroatoms. The summed E-state index contributed by atoms with van der Waals surface area (Å²) in [5.74, 6) is 0. The summed E-state index contributed by atoms with van der Waals surface area (Å²) in [5, 5.41) is 0. The van der Waals surface area contributed by atoms with Crippen molar-refractivity contribution in [3.8, 4) is 0 Å². The summed E-state index contributed by atoms with van der Waals surface area (Å²) in [6, 6.07) is 62.6. The summed E-state index contributed by atoms with van der Waals surface area (Å²) in [5.41, 5.74) is 13.6. The first kappa shape index (κ1) is 54.3. The van der Waals surface area contributed by atoms with Crippen molar-refractivity contribution >= 4 is 149 Å². The fourth-order valence-corrected chi connectivity index (χ4v) is 56.3. The first-order valence-corrected chi connectivity index (χ1v) is 49.5. The Morgan fingerprint density at radius 1 is 0.246 bits per heavy atom. The number of allylic oxidation sites excluding steroid dienone is 6. The SMILES string of the molecule is C=C(C)c1ccc([S][Sb]([S]c2ccc(C(=C)C)cc2)[c]2c[c]([Sb]([S]c3ccc(C(=C)C)cc3)[S]c3ccc(C(=C)C)cc3)c[c]([Sb]([S]c3ccc(C(=C)C)cc3)[S]c3ccc(C(=C)C)cc3)c2)cc1. The molecule has 0 radical (unpaired) electrons. The van der Waals surface area contributed by atoms with Gasteiger partial charge in [0.05, 0.1) is 0 Å². The molecular formula is C60H57S6Sb3. The molecule has 348 valence electrons. The third kappa shape index (κ3) is 15.8. The van der Waals surface area contributed by atoms with Gasteiger partial charge >= 0.3 is 457 Å². The third-order valence-electron chi connectivity index (χ3n) is 10.7. The maximum atomic E-state index is 4.24. The van der Waals surface area contributed by atoms with Crippen molar-refractivity contribution in [2.24, 2.45) is 0 Å². The van der Waals surface area contributed by atoms with E-state index in [1.54, 1.807) is 0 Å². The Morgan fingerprint density at radius 2 is 0.377 bits per heavy atom. The monoisotopic (exact) mass is 1330 g/mol. The minimum atomic E-state index is -2.54. The van der Waals surface area contributed by atoms with Crippen LogP contribution in [0.2, 0.25) is 0 Å². The van der Waals surface area contributed by atoms with E-state index in [0.29, 0.717) is 0 Å². The molecule has 0 aliphatic carbocycles. The molecule has 0 unspecified atom stereocenters. The molecule has 0 spiro atoms. The first-order chi connectivity index (χ1) is 33.1. The van der Waals surface area contributed by atoms with Crippen LogP contribution in [0.1, 0.15) is 74.9 Å². The van der Waals surface area contributed by atoms with Gasteiger partial charge in [-0.1, -0.05) is 0 Å². The van der Waals surface area contributed by atoms with Crippen molar-refractivity contribution in [1.82, 2.24) is 0 Å². The molecule has 0 nitrogen and oxygen atoms in total. The summed E-state index contributed by atoms with van der Waals surface area (Å²) < 4.78 is 4.60. The predicted octanol–water partition coefficient (Wildman–Crippen LogP) is 17.7. The van der Waals surface area contributed by atoms with Crippen LogP contribution in [0.5, 0.6) is 0 Å². The average Bonchev–Trinajstić information content (AvgIpc) is 3.34. The van der Waals surface area contributed by atoms with Crippen molar-refractivity contribution in [2.45, 2.75) is 70.9 Å². The Bertz CT molecular complexity index is 2460. The van der Waals surface area contributed by atoms with Gasteiger partial charge in [-0.2, -0.15) is 0 Å². The van der Waals surface area contributed by atoms with E-state index in [0.717, 1.165) is 33.4 Å². The molecule has 0 aliphatic heterocycles. The maximum absolute atomic E-state index is 4.24. The van der Waals surface area contributed by atoms with Gasteiger partial charge in [-0.25, -0.2) is 0 Å². The Balaban J connectivity index is 1.43. The molecule has 0 saturated heterocycles. The fraction of sp³-hybridized carbons (Fsp3) is 0.100. The van der Waals surface area contributed by atoms with Gasteiger partial charge in [0.15, 0.2) is 0 Å².